The van der Waals surface area contributed by atoms with Crippen molar-refractivity contribution in [1.82, 2.24) is 13.4 Å². The van der Waals surface area contributed by atoms with Crippen LogP contribution in [-0.4, -0.2) is 34.9 Å². The first-order valence-electron chi connectivity index (χ1n) is 8.83. The molecule has 0 atom stereocenters. The van der Waals surface area contributed by atoms with Gasteiger partial charge in [0.1, 0.15) is 5.82 Å². The Kier molecular flexibility index (Phi) is 5.25. The lowest BCUT2D eigenvalue weighted by Gasteiger charge is -2.31. The molecule has 27 heavy (non-hydrogen) atoms. The van der Waals surface area contributed by atoms with E-state index >= 15 is 0 Å². The maximum atomic E-state index is 13.0. The van der Waals surface area contributed by atoms with Gasteiger partial charge in [0.25, 0.3) is 15.6 Å². The van der Waals surface area contributed by atoms with Gasteiger partial charge in [-0.2, -0.15) is 4.31 Å². The fourth-order valence-corrected chi connectivity index (χ4v) is 5.21. The second-order valence-corrected chi connectivity index (χ2v) is 8.83. The van der Waals surface area contributed by atoms with Crippen molar-refractivity contribution in [2.45, 2.75) is 24.2 Å². The van der Waals surface area contributed by atoms with Crippen molar-refractivity contribution in [2.24, 2.45) is 20.0 Å². The average Bonchev–Trinajstić information content (AvgIpc) is 2.66. The van der Waals surface area contributed by atoms with Gasteiger partial charge in [-0.1, -0.05) is 30.3 Å². The highest BCUT2D eigenvalue weighted by atomic mass is 32.2. The number of nitrogens with zero attached hydrogens (tertiary/aromatic N) is 3. The molecule has 0 unspecified atom stereocenters. The Hall–Kier alpha value is -2.39. The molecule has 1 aliphatic rings. The molecule has 0 aliphatic carbocycles. The summed E-state index contributed by atoms with van der Waals surface area (Å²) >= 11 is 0. The van der Waals surface area contributed by atoms with Crippen molar-refractivity contribution < 1.29 is 8.42 Å². The first-order chi connectivity index (χ1) is 12.7. The maximum absolute atomic E-state index is 13.0. The van der Waals surface area contributed by atoms with Crippen LogP contribution in [0, 0.1) is 5.92 Å². The highest BCUT2D eigenvalue weighted by molar-refractivity contribution is 7.89. The van der Waals surface area contributed by atoms with E-state index < -0.39 is 26.2 Å². The highest BCUT2D eigenvalue weighted by Gasteiger charge is 2.34. The monoisotopic (exact) mass is 392 g/mol. The number of hydrogen-bond donors (Lipinski definition) is 1. The van der Waals surface area contributed by atoms with Gasteiger partial charge in [0.05, 0.1) is 0 Å². The SMILES string of the molecule is Cn1c(N)c(S(=O)(=O)N2CCC(Cc3ccccc3)CC2)c(=O)n(C)c1=O. The van der Waals surface area contributed by atoms with Crippen LogP contribution < -0.4 is 17.0 Å². The molecule has 0 saturated carbocycles. The number of piperidine rings is 1. The molecule has 2 heterocycles. The molecule has 9 heteroatoms. The van der Waals surface area contributed by atoms with Gasteiger partial charge in [-0.15, -0.1) is 0 Å². The van der Waals surface area contributed by atoms with E-state index in [-0.39, 0.29) is 5.82 Å². The van der Waals surface area contributed by atoms with Crippen LogP contribution in [0.4, 0.5) is 5.82 Å². The summed E-state index contributed by atoms with van der Waals surface area (Å²) in [7, 11) is -1.47. The fraction of sp³-hybridized carbons (Fsp3) is 0.444. The van der Waals surface area contributed by atoms with Gasteiger partial charge in [-0.05, 0) is 30.7 Å². The molecule has 3 rings (SSSR count). The minimum atomic E-state index is -4.07. The first kappa shape index (κ1) is 19.4. The van der Waals surface area contributed by atoms with E-state index in [0.717, 1.165) is 15.6 Å². The minimum Gasteiger partial charge on any atom is -0.384 e. The Bertz CT molecular complexity index is 1050. The molecule has 0 bridgehead atoms. The largest absolute Gasteiger partial charge is 0.384 e. The van der Waals surface area contributed by atoms with E-state index in [2.05, 4.69) is 12.1 Å². The maximum Gasteiger partial charge on any atom is 0.332 e. The van der Waals surface area contributed by atoms with Gasteiger partial charge in [-0.25, -0.2) is 13.2 Å². The third-order valence-corrected chi connectivity index (χ3v) is 7.15. The van der Waals surface area contributed by atoms with Crippen LogP contribution in [0.5, 0.6) is 0 Å². The molecule has 146 valence electrons. The summed E-state index contributed by atoms with van der Waals surface area (Å²) in [4.78, 5) is 23.8. The summed E-state index contributed by atoms with van der Waals surface area (Å²) in [5.41, 5.74) is 5.51. The number of nitrogens with two attached hydrogens (primary N) is 1. The zero-order valence-electron chi connectivity index (χ0n) is 15.5. The van der Waals surface area contributed by atoms with E-state index in [1.807, 2.05) is 18.2 Å². The van der Waals surface area contributed by atoms with E-state index in [4.69, 9.17) is 5.73 Å². The Morgan fingerprint density at radius 2 is 1.63 bits per heavy atom. The molecule has 8 nitrogen and oxygen atoms in total. The lowest BCUT2D eigenvalue weighted by atomic mass is 9.91. The molecule has 1 aromatic heterocycles. The van der Waals surface area contributed by atoms with Crippen LogP contribution in [0.3, 0.4) is 0 Å². The van der Waals surface area contributed by atoms with Gasteiger partial charge < -0.3 is 5.73 Å². The normalized spacial score (nSPS) is 16.5. The lowest BCUT2D eigenvalue weighted by Crippen LogP contribution is -2.46. The molecule has 1 saturated heterocycles. The predicted octanol–water partition coefficient (Wildman–Crippen LogP) is 0.310. The molecule has 1 aromatic carbocycles. The summed E-state index contributed by atoms with van der Waals surface area (Å²) in [6, 6.07) is 10.1. The van der Waals surface area contributed by atoms with Gasteiger partial charge >= 0.3 is 5.69 Å². The zero-order valence-corrected chi connectivity index (χ0v) is 16.3. The second kappa shape index (κ2) is 7.32. The van der Waals surface area contributed by atoms with E-state index in [9.17, 15) is 18.0 Å². The number of nitrogen functional groups attached to an aromatic ring is 1. The van der Waals surface area contributed by atoms with Crippen molar-refractivity contribution in [3.8, 4) is 0 Å². The molecule has 0 radical (unpaired) electrons. The standard InChI is InChI=1S/C18H24N4O4S/c1-20-16(19)15(17(23)21(2)18(20)24)27(25,26)22-10-8-14(9-11-22)12-13-6-4-3-5-7-13/h3-7,14H,8-12,19H2,1-2H3. The molecular formula is C18H24N4O4S. The smallest absolute Gasteiger partial charge is 0.332 e. The number of anilines is 1. The third-order valence-electron chi connectivity index (χ3n) is 5.21. The molecule has 1 fully saturated rings. The number of benzene rings is 1. The topological polar surface area (TPSA) is 107 Å². The van der Waals surface area contributed by atoms with Crippen molar-refractivity contribution in [2.75, 3.05) is 18.8 Å². The minimum absolute atomic E-state index is 0.325. The molecule has 2 aromatic rings. The number of aromatic nitrogens is 2. The quantitative estimate of drug-likeness (QED) is 0.806. The summed E-state index contributed by atoms with van der Waals surface area (Å²) in [6.07, 6.45) is 2.32. The lowest BCUT2D eigenvalue weighted by molar-refractivity contribution is 0.272. The molecule has 1 aliphatic heterocycles. The zero-order chi connectivity index (χ0) is 19.8. The number of sulfonamides is 1. The summed E-state index contributed by atoms with van der Waals surface area (Å²) < 4.78 is 29.1. The number of hydrogen-bond acceptors (Lipinski definition) is 5. The summed E-state index contributed by atoms with van der Waals surface area (Å²) in [6.45, 7) is 0.649. The Morgan fingerprint density at radius 1 is 1.04 bits per heavy atom. The van der Waals surface area contributed by atoms with E-state index in [1.54, 1.807) is 0 Å². The third kappa shape index (κ3) is 3.57. The van der Waals surface area contributed by atoms with Crippen molar-refractivity contribution >= 4 is 15.8 Å². The molecule has 0 amide bonds. The van der Waals surface area contributed by atoms with Crippen molar-refractivity contribution in [3.05, 3.63) is 56.7 Å². The summed E-state index contributed by atoms with van der Waals surface area (Å²) in [5.74, 6) is 0.0636. The van der Waals surface area contributed by atoms with Crippen LogP contribution >= 0.6 is 0 Å². The Labute approximate surface area is 157 Å². The first-order valence-corrected chi connectivity index (χ1v) is 10.3. The van der Waals surface area contributed by atoms with E-state index in [0.29, 0.717) is 31.8 Å². The van der Waals surface area contributed by atoms with Gasteiger partial charge in [-0.3, -0.25) is 13.9 Å². The molecule has 2 N–H and O–H groups in total. The van der Waals surface area contributed by atoms with E-state index in [1.165, 1.54) is 24.0 Å². The van der Waals surface area contributed by atoms with Gasteiger partial charge in [0.2, 0.25) is 0 Å². The second-order valence-electron chi connectivity index (χ2n) is 6.96. The highest BCUT2D eigenvalue weighted by Crippen LogP contribution is 2.26. The van der Waals surface area contributed by atoms with Crippen LogP contribution in [-0.2, 0) is 30.5 Å². The predicted molar refractivity (Wildman–Crippen MR) is 103 cm³/mol. The summed E-state index contributed by atoms with van der Waals surface area (Å²) in [5, 5.41) is 0. The van der Waals surface area contributed by atoms with Gasteiger partial charge in [0.15, 0.2) is 4.90 Å². The van der Waals surface area contributed by atoms with Crippen molar-refractivity contribution in [3.63, 3.8) is 0 Å². The van der Waals surface area contributed by atoms with Crippen molar-refractivity contribution in [1.29, 1.82) is 0 Å². The van der Waals surface area contributed by atoms with Crippen LogP contribution in [0.15, 0.2) is 44.8 Å². The molecular weight excluding hydrogens is 368 g/mol. The number of rotatable bonds is 4. The fourth-order valence-electron chi connectivity index (χ4n) is 3.50. The van der Waals surface area contributed by atoms with Crippen LogP contribution in [0.2, 0.25) is 0 Å². The Morgan fingerprint density at radius 3 is 2.22 bits per heavy atom. The average molecular weight is 392 g/mol. The molecule has 0 spiro atoms. The van der Waals surface area contributed by atoms with Crippen LogP contribution in [0.1, 0.15) is 18.4 Å². The Balaban J connectivity index is 1.82. The van der Waals surface area contributed by atoms with Gasteiger partial charge in [0, 0.05) is 27.2 Å². The van der Waals surface area contributed by atoms with Crippen LogP contribution in [0.25, 0.3) is 0 Å².